The van der Waals surface area contributed by atoms with Crippen LogP contribution in [0, 0.1) is 5.92 Å². The Kier molecular flexibility index (Phi) is 5.53. The number of rotatable bonds is 4. The van der Waals surface area contributed by atoms with Gasteiger partial charge in [-0.25, -0.2) is 4.79 Å². The van der Waals surface area contributed by atoms with Crippen LogP contribution in [0.5, 0.6) is 5.75 Å². The highest BCUT2D eigenvalue weighted by molar-refractivity contribution is 5.91. The Morgan fingerprint density at radius 3 is 2.62 bits per heavy atom. The topological polar surface area (TPSA) is 41.6 Å². The van der Waals surface area contributed by atoms with E-state index in [1.54, 1.807) is 18.2 Å². The molecule has 6 heteroatoms. The van der Waals surface area contributed by atoms with E-state index in [4.69, 9.17) is 0 Å². The molecule has 0 radical (unpaired) electrons. The molecular weight excluding hydrogens is 314 g/mol. The van der Waals surface area contributed by atoms with Gasteiger partial charge >= 0.3 is 12.6 Å². The lowest BCUT2D eigenvalue weighted by molar-refractivity contribution is -0.0493. The van der Waals surface area contributed by atoms with Gasteiger partial charge in [-0.05, 0) is 43.7 Å². The number of para-hydroxylation sites is 2. The quantitative estimate of drug-likeness (QED) is 0.851. The second-order valence-electron chi connectivity index (χ2n) is 6.61. The van der Waals surface area contributed by atoms with E-state index in [1.807, 2.05) is 4.90 Å². The summed E-state index contributed by atoms with van der Waals surface area (Å²) in [4.78, 5) is 14.6. The number of carbonyl (C=O) groups is 1. The monoisotopic (exact) mass is 338 g/mol. The van der Waals surface area contributed by atoms with Crippen molar-refractivity contribution in [3.8, 4) is 5.75 Å². The molecule has 1 saturated carbocycles. The van der Waals surface area contributed by atoms with Crippen LogP contribution in [0.15, 0.2) is 24.3 Å². The Hall–Kier alpha value is -1.85. The lowest BCUT2D eigenvalue weighted by Gasteiger charge is -2.34. The minimum Gasteiger partial charge on any atom is -0.433 e. The van der Waals surface area contributed by atoms with Gasteiger partial charge in [-0.2, -0.15) is 8.78 Å². The van der Waals surface area contributed by atoms with Gasteiger partial charge in [0.15, 0.2) is 0 Å². The third-order valence-corrected chi connectivity index (χ3v) is 5.10. The first kappa shape index (κ1) is 17.0. The smallest absolute Gasteiger partial charge is 0.387 e. The number of carbonyl (C=O) groups excluding carboxylic acids is 1. The molecule has 1 N–H and O–H groups in total. The zero-order valence-corrected chi connectivity index (χ0v) is 13.7. The molecule has 132 valence electrons. The molecule has 2 amide bonds. The fourth-order valence-corrected chi connectivity index (χ4v) is 4.01. The number of hydrogen-bond acceptors (Lipinski definition) is 2. The Bertz CT molecular complexity index is 562. The molecule has 1 aromatic rings. The van der Waals surface area contributed by atoms with Gasteiger partial charge in [0, 0.05) is 12.6 Å². The van der Waals surface area contributed by atoms with Gasteiger partial charge in [0.25, 0.3) is 0 Å². The predicted molar refractivity (Wildman–Crippen MR) is 88.4 cm³/mol. The molecule has 0 bridgehead atoms. The molecule has 0 aromatic heterocycles. The van der Waals surface area contributed by atoms with Crippen molar-refractivity contribution in [2.24, 2.45) is 5.92 Å². The molecule has 1 aliphatic carbocycles. The Balaban J connectivity index is 1.68. The van der Waals surface area contributed by atoms with Crippen molar-refractivity contribution < 1.29 is 18.3 Å². The van der Waals surface area contributed by atoms with E-state index >= 15 is 0 Å². The van der Waals surface area contributed by atoms with Crippen LogP contribution in [0.3, 0.4) is 0 Å². The molecule has 1 unspecified atom stereocenters. The first-order valence-corrected chi connectivity index (χ1v) is 8.76. The van der Waals surface area contributed by atoms with Crippen LogP contribution in [-0.4, -0.2) is 30.1 Å². The van der Waals surface area contributed by atoms with Crippen LogP contribution in [-0.2, 0) is 0 Å². The Labute approximate surface area is 141 Å². The third-order valence-electron chi connectivity index (χ3n) is 5.10. The van der Waals surface area contributed by atoms with Crippen LogP contribution in [0.25, 0.3) is 0 Å². The maximum absolute atomic E-state index is 12.7. The summed E-state index contributed by atoms with van der Waals surface area (Å²) in [5, 5.41) is 2.76. The van der Waals surface area contributed by atoms with E-state index in [2.05, 4.69) is 10.1 Å². The largest absolute Gasteiger partial charge is 0.433 e. The van der Waals surface area contributed by atoms with Gasteiger partial charge in [0.05, 0.1) is 5.69 Å². The average Bonchev–Trinajstić information content (AvgIpc) is 3.07. The molecule has 2 aliphatic rings. The number of nitrogens with one attached hydrogen (secondary N) is 1. The summed E-state index contributed by atoms with van der Waals surface area (Å²) in [7, 11) is 0. The van der Waals surface area contributed by atoms with Crippen molar-refractivity contribution >= 4 is 11.7 Å². The van der Waals surface area contributed by atoms with Gasteiger partial charge in [0.2, 0.25) is 0 Å². The first-order valence-electron chi connectivity index (χ1n) is 8.76. The predicted octanol–water partition coefficient (Wildman–Crippen LogP) is 4.86. The van der Waals surface area contributed by atoms with Crippen molar-refractivity contribution in [2.75, 3.05) is 11.9 Å². The highest BCUT2D eigenvalue weighted by atomic mass is 19.3. The molecule has 0 spiro atoms. The third kappa shape index (κ3) is 3.97. The van der Waals surface area contributed by atoms with Crippen molar-refractivity contribution in [2.45, 2.75) is 57.6 Å². The number of nitrogens with zero attached hydrogens (tertiary/aromatic N) is 1. The summed E-state index contributed by atoms with van der Waals surface area (Å²) in [5.41, 5.74) is 0.289. The second kappa shape index (κ2) is 7.81. The average molecular weight is 338 g/mol. The number of amides is 2. The van der Waals surface area contributed by atoms with Crippen LogP contribution in [0.2, 0.25) is 0 Å². The number of ether oxygens (including phenoxy) is 1. The number of likely N-dealkylation sites (tertiary alicyclic amines) is 1. The van der Waals surface area contributed by atoms with Crippen molar-refractivity contribution in [1.29, 1.82) is 0 Å². The lowest BCUT2D eigenvalue weighted by Crippen LogP contribution is -2.43. The zero-order chi connectivity index (χ0) is 16.9. The number of anilines is 1. The summed E-state index contributed by atoms with van der Waals surface area (Å²) in [6, 6.07) is 6.37. The molecule has 4 nitrogen and oxygen atoms in total. The number of benzene rings is 1. The van der Waals surface area contributed by atoms with Crippen molar-refractivity contribution in [1.82, 2.24) is 4.90 Å². The fraction of sp³-hybridized carbons (Fsp3) is 0.611. The van der Waals surface area contributed by atoms with E-state index in [-0.39, 0.29) is 23.5 Å². The van der Waals surface area contributed by atoms with Crippen LogP contribution < -0.4 is 10.1 Å². The molecular formula is C18H24F2N2O2. The highest BCUT2D eigenvalue weighted by Crippen LogP contribution is 2.35. The molecule has 1 saturated heterocycles. The Morgan fingerprint density at radius 1 is 1.12 bits per heavy atom. The maximum atomic E-state index is 12.7. The van der Waals surface area contributed by atoms with Crippen molar-refractivity contribution in [3.05, 3.63) is 24.3 Å². The van der Waals surface area contributed by atoms with Gasteiger partial charge < -0.3 is 15.0 Å². The first-order chi connectivity index (χ1) is 11.6. The summed E-state index contributed by atoms with van der Waals surface area (Å²) in [6.07, 6.45) is 8.16. The molecule has 24 heavy (non-hydrogen) atoms. The normalized spacial score (nSPS) is 22.0. The van der Waals surface area contributed by atoms with Gasteiger partial charge in [-0.3, -0.25) is 0 Å². The summed E-state index contributed by atoms with van der Waals surface area (Å²) in [5.74, 6) is 0.564. The number of halogens is 2. The molecule has 2 fully saturated rings. The van der Waals surface area contributed by atoms with E-state index in [1.165, 1.54) is 38.2 Å². The number of hydrogen-bond donors (Lipinski definition) is 1. The number of urea groups is 1. The molecule has 1 atom stereocenters. The second-order valence-corrected chi connectivity index (χ2v) is 6.61. The van der Waals surface area contributed by atoms with Gasteiger partial charge in [0.1, 0.15) is 5.75 Å². The van der Waals surface area contributed by atoms with Crippen molar-refractivity contribution in [3.63, 3.8) is 0 Å². The van der Waals surface area contributed by atoms with Crippen LogP contribution >= 0.6 is 0 Å². The van der Waals surface area contributed by atoms with E-state index < -0.39 is 6.61 Å². The van der Waals surface area contributed by atoms with Crippen LogP contribution in [0.1, 0.15) is 44.9 Å². The van der Waals surface area contributed by atoms with E-state index in [0.29, 0.717) is 5.92 Å². The summed E-state index contributed by atoms with van der Waals surface area (Å²) in [6.45, 7) is -2.19. The van der Waals surface area contributed by atoms with Gasteiger partial charge in [-0.15, -0.1) is 0 Å². The van der Waals surface area contributed by atoms with E-state index in [0.717, 1.165) is 19.4 Å². The maximum Gasteiger partial charge on any atom is 0.387 e. The Morgan fingerprint density at radius 2 is 1.88 bits per heavy atom. The van der Waals surface area contributed by atoms with E-state index in [9.17, 15) is 13.6 Å². The molecule has 1 aromatic carbocycles. The highest BCUT2D eigenvalue weighted by Gasteiger charge is 2.35. The molecule has 1 heterocycles. The lowest BCUT2D eigenvalue weighted by atomic mass is 9.83. The number of alkyl halides is 2. The van der Waals surface area contributed by atoms with Gasteiger partial charge in [-0.1, -0.05) is 31.4 Å². The summed E-state index contributed by atoms with van der Waals surface area (Å²) < 4.78 is 29.5. The SMILES string of the molecule is O=C(Nc1ccccc1OC(F)F)N1CCCC1C1CCCCC1. The minimum absolute atomic E-state index is 0.00531. The summed E-state index contributed by atoms with van der Waals surface area (Å²) >= 11 is 0. The minimum atomic E-state index is -2.91. The fourth-order valence-electron chi connectivity index (χ4n) is 4.01. The molecule has 1 aliphatic heterocycles. The molecule has 3 rings (SSSR count). The zero-order valence-electron chi connectivity index (χ0n) is 13.7. The standard InChI is InChI=1S/C18H24F2N2O2/c19-17(20)24-16-11-5-4-9-14(16)21-18(23)22-12-6-10-15(22)13-7-2-1-3-8-13/h4-5,9,11,13,15,17H,1-3,6-8,10,12H2,(H,21,23). The van der Waals surface area contributed by atoms with Crippen LogP contribution in [0.4, 0.5) is 19.3 Å².